The second-order valence-electron chi connectivity index (χ2n) is 7.34. The molecule has 2 N–H and O–H groups in total. The molecule has 0 saturated heterocycles. The van der Waals surface area contributed by atoms with Gasteiger partial charge in [-0.1, -0.05) is 6.07 Å². The molecule has 6 nitrogen and oxygen atoms in total. The van der Waals surface area contributed by atoms with Crippen molar-refractivity contribution in [2.24, 2.45) is 0 Å². The molecule has 3 heterocycles. The van der Waals surface area contributed by atoms with Gasteiger partial charge in [0.05, 0.1) is 17.9 Å². The van der Waals surface area contributed by atoms with Gasteiger partial charge in [-0.3, -0.25) is 4.79 Å². The van der Waals surface area contributed by atoms with Gasteiger partial charge in [-0.05, 0) is 60.7 Å². The lowest BCUT2D eigenvalue weighted by atomic mass is 9.95. The van der Waals surface area contributed by atoms with Crippen LogP contribution in [-0.4, -0.2) is 22.0 Å². The van der Waals surface area contributed by atoms with Crippen LogP contribution in [0.2, 0.25) is 0 Å². The van der Waals surface area contributed by atoms with Gasteiger partial charge in [0, 0.05) is 18.3 Å². The van der Waals surface area contributed by atoms with Crippen LogP contribution in [0.15, 0.2) is 42.7 Å². The lowest BCUT2D eigenvalue weighted by Crippen LogP contribution is -2.13. The van der Waals surface area contributed by atoms with Gasteiger partial charge < -0.3 is 15.4 Å². The molecule has 1 fully saturated rings. The van der Waals surface area contributed by atoms with Crippen LogP contribution in [0.1, 0.15) is 34.3 Å². The zero-order valence-electron chi connectivity index (χ0n) is 15.8. The van der Waals surface area contributed by atoms with Gasteiger partial charge in [-0.25, -0.2) is 14.4 Å². The molecule has 7 heteroatoms. The molecule has 2 aliphatic rings. The summed E-state index contributed by atoms with van der Waals surface area (Å²) in [7, 11) is 0. The number of amides is 1. The zero-order chi connectivity index (χ0) is 20.0. The number of ether oxygens (including phenoxy) is 1. The number of nitrogens with zero attached hydrogens (tertiary/aromatic N) is 2. The predicted octanol–water partition coefficient (Wildman–Crippen LogP) is 4.12. The molecular weight excluding hydrogens is 371 g/mol. The molecule has 1 aliphatic heterocycles. The molecule has 146 valence electrons. The normalized spacial score (nSPS) is 15.0. The molecule has 1 aromatic carbocycles. The average molecular weight is 390 g/mol. The third kappa shape index (κ3) is 3.40. The first-order valence-electron chi connectivity index (χ1n) is 9.55. The molecule has 0 bridgehead atoms. The van der Waals surface area contributed by atoms with Crippen molar-refractivity contribution in [3.63, 3.8) is 0 Å². The number of aromatic nitrogens is 2. The summed E-state index contributed by atoms with van der Waals surface area (Å²) in [5, 5.41) is 5.87. The second-order valence-corrected chi connectivity index (χ2v) is 7.34. The summed E-state index contributed by atoms with van der Waals surface area (Å²) in [5.41, 5.74) is 3.44. The molecule has 1 saturated carbocycles. The van der Waals surface area contributed by atoms with E-state index in [9.17, 15) is 9.18 Å². The number of halogens is 1. The third-order valence-electron chi connectivity index (χ3n) is 5.14. The van der Waals surface area contributed by atoms with Crippen LogP contribution in [0.3, 0.4) is 0 Å². The van der Waals surface area contributed by atoms with Gasteiger partial charge in [-0.15, -0.1) is 0 Å². The highest BCUT2D eigenvalue weighted by Gasteiger charge is 2.27. The maximum Gasteiger partial charge on any atom is 0.254 e. The van der Waals surface area contributed by atoms with Gasteiger partial charge >= 0.3 is 0 Å². The summed E-state index contributed by atoms with van der Waals surface area (Å²) in [6, 6.07) is 8.69. The highest BCUT2D eigenvalue weighted by Crippen LogP contribution is 2.33. The van der Waals surface area contributed by atoms with E-state index >= 15 is 0 Å². The van der Waals surface area contributed by atoms with Gasteiger partial charge in [0.15, 0.2) is 0 Å². The van der Waals surface area contributed by atoms with Crippen molar-refractivity contribution in [1.29, 1.82) is 0 Å². The second kappa shape index (κ2) is 6.84. The van der Waals surface area contributed by atoms with Crippen LogP contribution in [0.4, 0.5) is 16.0 Å². The van der Waals surface area contributed by atoms with E-state index in [1.54, 1.807) is 18.5 Å². The Labute approximate surface area is 167 Å². The highest BCUT2D eigenvalue weighted by molar-refractivity contribution is 6.01. The zero-order valence-corrected chi connectivity index (χ0v) is 15.8. The molecule has 0 unspecified atom stereocenters. The largest absolute Gasteiger partial charge is 0.489 e. The van der Waals surface area contributed by atoms with Crippen molar-refractivity contribution in [3.8, 4) is 16.9 Å². The van der Waals surface area contributed by atoms with Gasteiger partial charge in [0.1, 0.15) is 23.2 Å². The Balaban J connectivity index is 1.39. The average Bonchev–Trinajstić information content (AvgIpc) is 3.44. The molecule has 1 aliphatic carbocycles. The Morgan fingerprint density at radius 2 is 1.93 bits per heavy atom. The minimum absolute atomic E-state index is 0.127. The Kier molecular flexibility index (Phi) is 4.16. The van der Waals surface area contributed by atoms with Crippen LogP contribution in [0.5, 0.6) is 5.75 Å². The first-order valence-corrected chi connectivity index (χ1v) is 9.55. The molecule has 5 rings (SSSR count). The van der Waals surface area contributed by atoms with E-state index in [0.717, 1.165) is 35.3 Å². The van der Waals surface area contributed by atoms with Gasteiger partial charge in [0.2, 0.25) is 0 Å². The van der Waals surface area contributed by atoms with Crippen LogP contribution in [-0.2, 0) is 6.54 Å². The standard InChI is InChI=1S/C22H19FN4O2/c1-12-8-20(27-19-7-4-14(9-24-19)29-13-2-3-13)25-10-16(12)15-5-6-18(23)21-17(15)11-26-22(21)28/h4-10,13H,2-3,11H2,1H3,(H,26,28)(H,24,25,27). The SMILES string of the molecule is Cc1cc(Nc2ccc(OC3CC3)cn2)ncc1-c1ccc(F)c2c1CNC2=O. The highest BCUT2D eigenvalue weighted by atomic mass is 19.1. The molecule has 0 radical (unpaired) electrons. The van der Waals surface area contributed by atoms with Gasteiger partial charge in [-0.2, -0.15) is 0 Å². The van der Waals surface area contributed by atoms with Crippen molar-refractivity contribution in [1.82, 2.24) is 15.3 Å². The smallest absolute Gasteiger partial charge is 0.254 e. The van der Waals surface area contributed by atoms with Crippen LogP contribution >= 0.6 is 0 Å². The molecule has 0 spiro atoms. The fourth-order valence-corrected chi connectivity index (χ4v) is 3.50. The maximum absolute atomic E-state index is 14.0. The number of carbonyl (C=O) groups excluding carboxylic acids is 1. The molecule has 3 aromatic rings. The first-order chi connectivity index (χ1) is 14.1. The summed E-state index contributed by atoms with van der Waals surface area (Å²) < 4.78 is 19.7. The van der Waals surface area contributed by atoms with Crippen molar-refractivity contribution >= 4 is 17.5 Å². The topological polar surface area (TPSA) is 76.1 Å². The lowest BCUT2D eigenvalue weighted by molar-refractivity contribution is 0.0962. The molecule has 2 aromatic heterocycles. The van der Waals surface area contributed by atoms with E-state index in [-0.39, 0.29) is 11.5 Å². The number of benzene rings is 1. The number of hydrogen-bond donors (Lipinski definition) is 2. The van der Waals surface area contributed by atoms with Crippen LogP contribution in [0, 0.1) is 12.7 Å². The fourth-order valence-electron chi connectivity index (χ4n) is 3.50. The van der Waals surface area contributed by atoms with E-state index in [2.05, 4.69) is 20.6 Å². The van der Waals surface area contributed by atoms with E-state index in [0.29, 0.717) is 29.8 Å². The van der Waals surface area contributed by atoms with Gasteiger partial charge in [0.25, 0.3) is 5.91 Å². The maximum atomic E-state index is 14.0. The minimum Gasteiger partial charge on any atom is -0.489 e. The van der Waals surface area contributed by atoms with Crippen molar-refractivity contribution in [3.05, 3.63) is 65.2 Å². The predicted molar refractivity (Wildman–Crippen MR) is 107 cm³/mol. The van der Waals surface area contributed by atoms with Crippen LogP contribution in [0.25, 0.3) is 11.1 Å². The quantitative estimate of drug-likeness (QED) is 0.685. The Bertz CT molecular complexity index is 1110. The number of pyridine rings is 2. The van der Waals surface area contributed by atoms with E-state index in [1.165, 1.54) is 6.07 Å². The summed E-state index contributed by atoms with van der Waals surface area (Å²) in [4.78, 5) is 20.8. The minimum atomic E-state index is -0.497. The molecule has 1 amide bonds. The monoisotopic (exact) mass is 390 g/mol. The van der Waals surface area contributed by atoms with E-state index < -0.39 is 5.82 Å². The number of rotatable bonds is 5. The summed E-state index contributed by atoms with van der Waals surface area (Å²) in [5.74, 6) is 1.23. The number of anilines is 2. The lowest BCUT2D eigenvalue weighted by Gasteiger charge is -2.13. The molecular formula is C22H19FN4O2. The Morgan fingerprint density at radius 1 is 1.10 bits per heavy atom. The summed E-state index contributed by atoms with van der Waals surface area (Å²) in [6.45, 7) is 2.28. The van der Waals surface area contributed by atoms with Crippen LogP contribution < -0.4 is 15.4 Å². The van der Waals surface area contributed by atoms with Crippen molar-refractivity contribution in [2.75, 3.05) is 5.32 Å². The number of hydrogen-bond acceptors (Lipinski definition) is 5. The van der Waals surface area contributed by atoms with Crippen molar-refractivity contribution in [2.45, 2.75) is 32.4 Å². The number of aryl methyl sites for hydroxylation is 1. The fraction of sp³-hybridized carbons (Fsp3) is 0.227. The van der Waals surface area contributed by atoms with Crippen molar-refractivity contribution < 1.29 is 13.9 Å². The van der Waals surface area contributed by atoms with E-state index in [1.807, 2.05) is 25.1 Å². The Morgan fingerprint density at radius 3 is 2.66 bits per heavy atom. The number of fused-ring (bicyclic) bond motifs is 1. The summed E-state index contributed by atoms with van der Waals surface area (Å²) in [6.07, 6.45) is 5.99. The molecule has 0 atom stereocenters. The van der Waals surface area contributed by atoms with E-state index in [4.69, 9.17) is 4.74 Å². The Hall–Kier alpha value is -3.48. The number of nitrogens with one attached hydrogen (secondary N) is 2. The number of carbonyl (C=O) groups is 1. The summed E-state index contributed by atoms with van der Waals surface area (Å²) >= 11 is 0. The third-order valence-corrected chi connectivity index (χ3v) is 5.14. The first kappa shape index (κ1) is 17.6. The molecule has 29 heavy (non-hydrogen) atoms.